The van der Waals surface area contributed by atoms with Crippen LogP contribution in [0.3, 0.4) is 0 Å². The topological polar surface area (TPSA) is 61.1 Å². The van der Waals surface area contributed by atoms with Crippen LogP contribution in [-0.2, 0) is 4.79 Å². The SMILES string of the molecule is C[C@]12CC[C@H]3[C@@H](C/C(=C\O)C4=CC(=O)CC[C@@]43C)[C@@H]1[C@@H]1C[C@@H]1[C@@H]2C#N. The normalized spacial score (nSPS) is 54.7. The van der Waals surface area contributed by atoms with Crippen LogP contribution in [0.5, 0.6) is 0 Å². The van der Waals surface area contributed by atoms with Gasteiger partial charge in [-0.1, -0.05) is 13.8 Å². The maximum Gasteiger partial charge on any atom is 0.156 e. The first-order valence-electron chi connectivity index (χ1n) is 9.92. The molecule has 0 bridgehead atoms. The van der Waals surface area contributed by atoms with Gasteiger partial charge in [0.25, 0.3) is 0 Å². The molecule has 3 nitrogen and oxygen atoms in total. The molecule has 5 aliphatic rings. The van der Waals surface area contributed by atoms with E-state index in [9.17, 15) is 15.2 Å². The van der Waals surface area contributed by atoms with Crippen LogP contribution in [0.15, 0.2) is 23.5 Å². The van der Waals surface area contributed by atoms with Crippen molar-refractivity contribution in [1.82, 2.24) is 0 Å². The maximum atomic E-state index is 12.0. The van der Waals surface area contributed by atoms with Gasteiger partial charge in [-0.2, -0.15) is 5.26 Å². The number of ketones is 1. The summed E-state index contributed by atoms with van der Waals surface area (Å²) in [6.07, 6.45) is 9.07. The van der Waals surface area contributed by atoms with Crippen molar-refractivity contribution >= 4 is 5.78 Å². The van der Waals surface area contributed by atoms with Crippen LogP contribution in [0.1, 0.15) is 52.4 Å². The van der Waals surface area contributed by atoms with Crippen LogP contribution in [0.25, 0.3) is 0 Å². The summed E-state index contributed by atoms with van der Waals surface area (Å²) >= 11 is 0. The van der Waals surface area contributed by atoms with Crippen LogP contribution in [0.4, 0.5) is 0 Å². The Morgan fingerprint density at radius 1 is 1.28 bits per heavy atom. The van der Waals surface area contributed by atoms with Crippen molar-refractivity contribution in [2.75, 3.05) is 0 Å². The summed E-state index contributed by atoms with van der Waals surface area (Å²) in [6, 6.07) is 2.67. The number of rotatable bonds is 0. The minimum atomic E-state index is 0.0157. The van der Waals surface area contributed by atoms with Gasteiger partial charge >= 0.3 is 0 Å². The quantitative estimate of drug-likeness (QED) is 0.659. The summed E-state index contributed by atoms with van der Waals surface area (Å²) in [4.78, 5) is 12.0. The molecule has 0 aromatic rings. The van der Waals surface area contributed by atoms with Gasteiger partial charge in [0.2, 0.25) is 0 Å². The highest BCUT2D eigenvalue weighted by atomic mass is 16.2. The fourth-order valence-corrected chi connectivity index (χ4v) is 7.83. The first-order chi connectivity index (χ1) is 11.9. The number of aliphatic hydroxyl groups excluding tert-OH is 1. The smallest absolute Gasteiger partial charge is 0.156 e. The first-order valence-corrected chi connectivity index (χ1v) is 9.92. The second kappa shape index (κ2) is 4.78. The molecule has 5 aliphatic carbocycles. The summed E-state index contributed by atoms with van der Waals surface area (Å²) in [5.41, 5.74) is 2.27. The standard InChI is InChI=1S/C22H27NO2/c1-21-5-3-13(25)8-18(21)12(11-24)7-16-17(21)4-6-22(2)19(10-23)14-9-15(14)20(16)22/h8,11,14-17,19-20,24H,3-7,9H2,1-2H3/b12-11+/t14-,15+,16+,17-,19-,20-,21+,22+/m0/s1. The Morgan fingerprint density at radius 3 is 2.80 bits per heavy atom. The predicted molar refractivity (Wildman–Crippen MR) is 94.3 cm³/mol. The molecular formula is C22H27NO2. The van der Waals surface area contributed by atoms with E-state index in [1.54, 1.807) is 0 Å². The molecule has 4 saturated carbocycles. The Morgan fingerprint density at radius 2 is 2.08 bits per heavy atom. The van der Waals surface area contributed by atoms with Crippen molar-refractivity contribution in [2.45, 2.75) is 52.4 Å². The number of hydrogen-bond donors (Lipinski definition) is 1. The number of hydrogen-bond acceptors (Lipinski definition) is 3. The lowest BCUT2D eigenvalue weighted by Gasteiger charge is -2.58. The van der Waals surface area contributed by atoms with Crippen LogP contribution < -0.4 is 0 Å². The molecule has 0 aliphatic heterocycles. The molecule has 0 radical (unpaired) electrons. The highest BCUT2D eigenvalue weighted by Gasteiger charge is 2.70. The molecule has 0 heterocycles. The summed E-state index contributed by atoms with van der Waals surface area (Å²) in [6.45, 7) is 4.70. The van der Waals surface area contributed by atoms with E-state index < -0.39 is 0 Å². The van der Waals surface area contributed by atoms with Crippen molar-refractivity contribution in [3.05, 3.63) is 23.5 Å². The lowest BCUT2D eigenvalue weighted by molar-refractivity contribution is -0.117. The average Bonchev–Trinajstić information content (AvgIpc) is 3.30. The minimum Gasteiger partial charge on any atom is -0.515 e. The van der Waals surface area contributed by atoms with Crippen LogP contribution in [-0.4, -0.2) is 10.9 Å². The van der Waals surface area contributed by atoms with Crippen molar-refractivity contribution in [3.63, 3.8) is 0 Å². The predicted octanol–water partition coefficient (Wildman–Crippen LogP) is 4.57. The van der Waals surface area contributed by atoms with Crippen LogP contribution in [0.2, 0.25) is 0 Å². The fourth-order valence-electron chi connectivity index (χ4n) is 7.83. The van der Waals surface area contributed by atoms with Gasteiger partial charge in [0.05, 0.1) is 18.2 Å². The van der Waals surface area contributed by atoms with Crippen molar-refractivity contribution < 1.29 is 9.90 Å². The molecule has 0 aromatic carbocycles. The van der Waals surface area contributed by atoms with Gasteiger partial charge in [0, 0.05) is 6.42 Å². The Balaban J connectivity index is 1.60. The van der Waals surface area contributed by atoms with Gasteiger partial charge in [-0.05, 0) is 89.7 Å². The molecule has 0 unspecified atom stereocenters. The summed E-state index contributed by atoms with van der Waals surface area (Å²) in [5.74, 6) is 3.54. The number of nitriles is 1. The van der Waals surface area contributed by atoms with E-state index in [1.165, 1.54) is 12.7 Å². The van der Waals surface area contributed by atoms with Crippen LogP contribution in [0, 0.1) is 57.7 Å². The zero-order valence-electron chi connectivity index (χ0n) is 15.2. The number of carbonyl (C=O) groups is 1. The Hall–Kier alpha value is -1.56. The maximum absolute atomic E-state index is 12.0. The summed E-state index contributed by atoms with van der Waals surface area (Å²) in [7, 11) is 0. The minimum absolute atomic E-state index is 0.0157. The monoisotopic (exact) mass is 337 g/mol. The number of allylic oxidation sites excluding steroid dienone is 2. The zero-order valence-corrected chi connectivity index (χ0v) is 15.2. The number of aliphatic hydroxyl groups is 1. The van der Waals surface area contributed by atoms with Crippen molar-refractivity contribution in [1.29, 1.82) is 5.26 Å². The second-order valence-corrected chi connectivity index (χ2v) is 9.81. The van der Waals surface area contributed by atoms with E-state index in [-0.39, 0.29) is 22.5 Å². The summed E-state index contributed by atoms with van der Waals surface area (Å²) in [5, 5.41) is 19.7. The lowest BCUT2D eigenvalue weighted by atomic mass is 9.45. The van der Waals surface area contributed by atoms with Crippen molar-refractivity contribution in [3.8, 4) is 6.07 Å². The van der Waals surface area contributed by atoms with E-state index in [2.05, 4.69) is 19.9 Å². The average molecular weight is 337 g/mol. The van der Waals surface area contributed by atoms with Gasteiger partial charge in [0.1, 0.15) is 0 Å². The number of carbonyl (C=O) groups excluding carboxylic acids is 1. The molecule has 0 aromatic heterocycles. The lowest BCUT2D eigenvalue weighted by Crippen LogP contribution is -2.52. The highest BCUT2D eigenvalue weighted by molar-refractivity contribution is 5.92. The third-order valence-electron chi connectivity index (χ3n) is 8.95. The fraction of sp³-hybridized carbons (Fsp3) is 0.727. The molecule has 0 spiro atoms. The highest BCUT2D eigenvalue weighted by Crippen LogP contribution is 2.75. The molecule has 0 saturated heterocycles. The molecule has 25 heavy (non-hydrogen) atoms. The molecule has 132 valence electrons. The molecule has 1 N–H and O–H groups in total. The molecule has 5 rings (SSSR count). The van der Waals surface area contributed by atoms with Gasteiger partial charge in [-0.15, -0.1) is 0 Å². The first kappa shape index (κ1) is 15.7. The van der Waals surface area contributed by atoms with E-state index in [0.717, 1.165) is 42.7 Å². The third kappa shape index (κ3) is 1.79. The van der Waals surface area contributed by atoms with E-state index in [0.29, 0.717) is 30.1 Å². The van der Waals surface area contributed by atoms with Gasteiger partial charge < -0.3 is 5.11 Å². The number of fused-ring (bicyclic) bond motifs is 7. The largest absolute Gasteiger partial charge is 0.515 e. The van der Waals surface area contributed by atoms with Crippen LogP contribution >= 0.6 is 0 Å². The van der Waals surface area contributed by atoms with Gasteiger partial charge in [0.15, 0.2) is 5.78 Å². The van der Waals surface area contributed by atoms with Crippen molar-refractivity contribution in [2.24, 2.45) is 46.3 Å². The van der Waals surface area contributed by atoms with Gasteiger partial charge in [-0.25, -0.2) is 0 Å². The Labute approximate surface area is 149 Å². The number of nitrogens with zero attached hydrogens (tertiary/aromatic N) is 1. The Bertz CT molecular complexity index is 758. The Kier molecular flexibility index (Phi) is 3.00. The van der Waals surface area contributed by atoms with E-state index >= 15 is 0 Å². The molecule has 4 fully saturated rings. The molecule has 3 heteroatoms. The zero-order chi connectivity index (χ0) is 17.6. The molecular weight excluding hydrogens is 310 g/mol. The molecule has 0 amide bonds. The molecule has 8 atom stereocenters. The van der Waals surface area contributed by atoms with E-state index in [1.807, 2.05) is 6.08 Å². The van der Waals surface area contributed by atoms with E-state index in [4.69, 9.17) is 0 Å². The third-order valence-corrected chi connectivity index (χ3v) is 8.95. The summed E-state index contributed by atoms with van der Waals surface area (Å²) < 4.78 is 0. The van der Waals surface area contributed by atoms with Gasteiger partial charge in [-0.3, -0.25) is 4.79 Å². The second-order valence-electron chi connectivity index (χ2n) is 9.81.